The fraction of sp³-hybridized carbons (Fsp3) is 0.111. The summed E-state index contributed by atoms with van der Waals surface area (Å²) in [5.74, 6) is -0.323. The summed E-state index contributed by atoms with van der Waals surface area (Å²) < 4.78 is 0. The molecule has 3 nitrogen and oxygen atoms in total. The molecular weight excluding hydrogens is 156 g/mol. The van der Waals surface area contributed by atoms with Crippen molar-refractivity contribution in [1.82, 2.24) is 0 Å². The Hall–Kier alpha value is -1.64. The van der Waals surface area contributed by atoms with E-state index in [0.717, 1.165) is 0 Å². The number of aliphatic hydroxyl groups is 1. The summed E-state index contributed by atoms with van der Waals surface area (Å²) in [7, 11) is 0. The lowest BCUT2D eigenvalue weighted by molar-refractivity contribution is 0.396. The Morgan fingerprint density at radius 1 is 1.25 bits per heavy atom. The number of phenolic OH excluding ortho intramolecular Hbond substituents is 2. The van der Waals surface area contributed by atoms with Crippen LogP contribution in [0.2, 0.25) is 0 Å². The van der Waals surface area contributed by atoms with E-state index in [0.29, 0.717) is 5.56 Å². The van der Waals surface area contributed by atoms with E-state index in [1.54, 1.807) is 6.07 Å². The molecule has 0 spiro atoms. The molecule has 0 aromatic heterocycles. The van der Waals surface area contributed by atoms with Crippen molar-refractivity contribution in [2.24, 2.45) is 0 Å². The number of hydrogen-bond donors (Lipinski definition) is 3. The van der Waals surface area contributed by atoms with Gasteiger partial charge in [0.2, 0.25) is 0 Å². The van der Waals surface area contributed by atoms with Gasteiger partial charge in [-0.2, -0.15) is 0 Å². The second-order valence-corrected chi connectivity index (χ2v) is 2.57. The molecule has 1 aromatic carbocycles. The van der Waals surface area contributed by atoms with Gasteiger partial charge < -0.3 is 15.3 Å². The number of allylic oxidation sites excluding steroid dienone is 1. The first kappa shape index (κ1) is 8.46. The molecular formula is C9H10O3. The van der Waals surface area contributed by atoms with E-state index in [9.17, 15) is 0 Å². The Balaban J connectivity index is 2.89. The van der Waals surface area contributed by atoms with Crippen molar-refractivity contribution < 1.29 is 15.3 Å². The Kier molecular flexibility index (Phi) is 2.24. The van der Waals surface area contributed by atoms with Crippen molar-refractivity contribution in [3.63, 3.8) is 0 Å². The molecule has 0 saturated heterocycles. The van der Waals surface area contributed by atoms with E-state index in [-0.39, 0.29) is 23.7 Å². The monoisotopic (exact) mass is 166 g/mol. The van der Waals surface area contributed by atoms with Crippen LogP contribution in [0.25, 0.3) is 0 Å². The lowest BCUT2D eigenvalue weighted by Gasteiger charge is -2.01. The molecule has 0 aliphatic rings. The second-order valence-electron chi connectivity index (χ2n) is 2.57. The van der Waals surface area contributed by atoms with Crippen molar-refractivity contribution in [1.29, 1.82) is 0 Å². The zero-order valence-electron chi connectivity index (χ0n) is 6.49. The number of aliphatic hydroxyl groups excluding tert-OH is 1. The van der Waals surface area contributed by atoms with Crippen LogP contribution < -0.4 is 0 Å². The summed E-state index contributed by atoms with van der Waals surface area (Å²) in [6, 6.07) is 4.36. The standard InChI is InChI=1S/C9H10O3/c1-6(10)4-7-2-3-8(11)9(12)5-7/h2-3,5,10-12H,1,4H2. The maximum absolute atomic E-state index is 9.05. The minimum absolute atomic E-state index is 0.0279. The highest BCUT2D eigenvalue weighted by Gasteiger charge is 2.00. The Morgan fingerprint density at radius 3 is 2.42 bits per heavy atom. The number of hydrogen-bond acceptors (Lipinski definition) is 3. The fourth-order valence-electron chi connectivity index (χ4n) is 0.915. The zero-order valence-corrected chi connectivity index (χ0v) is 6.49. The Morgan fingerprint density at radius 2 is 1.92 bits per heavy atom. The second kappa shape index (κ2) is 3.17. The van der Waals surface area contributed by atoms with Crippen LogP contribution in [0.5, 0.6) is 11.5 Å². The molecule has 0 bridgehead atoms. The van der Waals surface area contributed by atoms with Crippen LogP contribution in [0.15, 0.2) is 30.5 Å². The van der Waals surface area contributed by atoms with E-state index in [2.05, 4.69) is 6.58 Å². The molecule has 3 N–H and O–H groups in total. The van der Waals surface area contributed by atoms with Gasteiger partial charge in [0.15, 0.2) is 11.5 Å². The van der Waals surface area contributed by atoms with Crippen LogP contribution in [-0.4, -0.2) is 15.3 Å². The van der Waals surface area contributed by atoms with E-state index in [1.165, 1.54) is 12.1 Å². The van der Waals surface area contributed by atoms with Gasteiger partial charge in [0.05, 0.1) is 5.76 Å². The van der Waals surface area contributed by atoms with E-state index >= 15 is 0 Å². The molecule has 3 heteroatoms. The molecule has 0 radical (unpaired) electrons. The van der Waals surface area contributed by atoms with Crippen molar-refractivity contribution in [3.05, 3.63) is 36.1 Å². The molecule has 0 atom stereocenters. The van der Waals surface area contributed by atoms with Crippen molar-refractivity contribution >= 4 is 0 Å². The van der Waals surface area contributed by atoms with Gasteiger partial charge in [-0.3, -0.25) is 0 Å². The third-order valence-corrected chi connectivity index (χ3v) is 1.45. The number of benzene rings is 1. The first-order chi connectivity index (χ1) is 5.59. The Labute approximate surface area is 70.2 Å². The average Bonchev–Trinajstić information content (AvgIpc) is 1.96. The highest BCUT2D eigenvalue weighted by molar-refractivity contribution is 5.41. The summed E-state index contributed by atoms with van der Waals surface area (Å²) in [6.07, 6.45) is 0.286. The third kappa shape index (κ3) is 1.92. The maximum Gasteiger partial charge on any atom is 0.157 e. The van der Waals surface area contributed by atoms with Crippen molar-refractivity contribution in [2.45, 2.75) is 6.42 Å². The van der Waals surface area contributed by atoms with Crippen molar-refractivity contribution in [3.8, 4) is 11.5 Å². The SMILES string of the molecule is C=C(O)Cc1ccc(O)c(O)c1. The molecule has 0 amide bonds. The largest absolute Gasteiger partial charge is 0.513 e. The highest BCUT2D eigenvalue weighted by Crippen LogP contribution is 2.25. The predicted octanol–water partition coefficient (Wildman–Crippen LogP) is 1.71. The molecule has 0 aliphatic heterocycles. The van der Waals surface area contributed by atoms with Gasteiger partial charge in [-0.25, -0.2) is 0 Å². The van der Waals surface area contributed by atoms with Gasteiger partial charge in [0.25, 0.3) is 0 Å². The molecule has 12 heavy (non-hydrogen) atoms. The zero-order chi connectivity index (χ0) is 9.14. The molecule has 64 valence electrons. The average molecular weight is 166 g/mol. The number of rotatable bonds is 2. The van der Waals surface area contributed by atoms with Crippen LogP contribution in [0.3, 0.4) is 0 Å². The Bertz CT molecular complexity index is 305. The van der Waals surface area contributed by atoms with Crippen LogP contribution in [0.1, 0.15) is 5.56 Å². The lowest BCUT2D eigenvalue weighted by atomic mass is 10.1. The summed E-state index contributed by atoms with van der Waals surface area (Å²) in [5, 5.41) is 26.8. The van der Waals surface area contributed by atoms with Crippen molar-refractivity contribution in [2.75, 3.05) is 0 Å². The maximum atomic E-state index is 9.05. The van der Waals surface area contributed by atoms with Gasteiger partial charge in [0.1, 0.15) is 0 Å². The van der Waals surface area contributed by atoms with E-state index < -0.39 is 0 Å². The lowest BCUT2D eigenvalue weighted by Crippen LogP contribution is -1.86. The third-order valence-electron chi connectivity index (χ3n) is 1.45. The molecule has 0 heterocycles. The fourth-order valence-corrected chi connectivity index (χ4v) is 0.915. The first-order valence-corrected chi connectivity index (χ1v) is 3.47. The van der Waals surface area contributed by atoms with Crippen LogP contribution in [-0.2, 0) is 6.42 Å². The van der Waals surface area contributed by atoms with Gasteiger partial charge in [-0.1, -0.05) is 12.6 Å². The number of aromatic hydroxyl groups is 2. The molecule has 0 fully saturated rings. The van der Waals surface area contributed by atoms with Gasteiger partial charge in [0, 0.05) is 6.42 Å². The number of phenols is 2. The molecule has 1 aromatic rings. The van der Waals surface area contributed by atoms with Crippen LogP contribution in [0, 0.1) is 0 Å². The molecule has 0 saturated carbocycles. The minimum atomic E-state index is -0.186. The highest BCUT2D eigenvalue weighted by atomic mass is 16.3. The van der Waals surface area contributed by atoms with E-state index in [4.69, 9.17) is 15.3 Å². The quantitative estimate of drug-likeness (QED) is 0.463. The summed E-state index contributed by atoms with van der Waals surface area (Å²) in [6.45, 7) is 3.31. The smallest absolute Gasteiger partial charge is 0.157 e. The topological polar surface area (TPSA) is 60.7 Å². The van der Waals surface area contributed by atoms with Gasteiger partial charge >= 0.3 is 0 Å². The van der Waals surface area contributed by atoms with Gasteiger partial charge in [-0.15, -0.1) is 0 Å². The summed E-state index contributed by atoms with van der Waals surface area (Å²) in [5.41, 5.74) is 0.706. The molecule has 1 rings (SSSR count). The summed E-state index contributed by atoms with van der Waals surface area (Å²) >= 11 is 0. The predicted molar refractivity (Wildman–Crippen MR) is 45.2 cm³/mol. The molecule has 0 unspecified atom stereocenters. The van der Waals surface area contributed by atoms with Crippen LogP contribution >= 0.6 is 0 Å². The minimum Gasteiger partial charge on any atom is -0.513 e. The first-order valence-electron chi connectivity index (χ1n) is 3.47. The summed E-state index contributed by atoms with van der Waals surface area (Å²) in [4.78, 5) is 0. The van der Waals surface area contributed by atoms with Gasteiger partial charge in [-0.05, 0) is 17.7 Å². The normalized spacial score (nSPS) is 9.67. The van der Waals surface area contributed by atoms with E-state index in [1.807, 2.05) is 0 Å². The molecule has 0 aliphatic carbocycles. The van der Waals surface area contributed by atoms with Crippen LogP contribution in [0.4, 0.5) is 0 Å².